The summed E-state index contributed by atoms with van der Waals surface area (Å²) >= 11 is 0. The molecule has 120 valence electrons. The number of nitrogens with one attached hydrogen (secondary N) is 1. The number of amides is 1. The largest absolute Gasteiger partial charge is 0.495 e. The van der Waals surface area contributed by atoms with Crippen LogP contribution in [-0.2, 0) is 4.79 Å². The average Bonchev–Trinajstić information content (AvgIpc) is 2.53. The van der Waals surface area contributed by atoms with Crippen molar-refractivity contribution in [1.82, 2.24) is 10.2 Å². The van der Waals surface area contributed by atoms with Gasteiger partial charge in [0.05, 0.1) is 19.3 Å². The Morgan fingerprint density at radius 3 is 2.55 bits per heavy atom. The number of anilines is 1. The van der Waals surface area contributed by atoms with Gasteiger partial charge < -0.3 is 14.7 Å². The molecule has 1 aliphatic rings. The van der Waals surface area contributed by atoms with Crippen LogP contribution in [0.1, 0.15) is 6.92 Å². The summed E-state index contributed by atoms with van der Waals surface area (Å²) in [6.45, 7) is 2.35. The first-order chi connectivity index (χ1) is 10.5. The molecule has 7 heteroatoms. The van der Waals surface area contributed by atoms with Crippen molar-refractivity contribution in [1.29, 1.82) is 0 Å². The van der Waals surface area contributed by atoms with Gasteiger partial charge in [0.25, 0.3) is 0 Å². The lowest BCUT2D eigenvalue weighted by Gasteiger charge is -2.48. The highest BCUT2D eigenvalue weighted by molar-refractivity contribution is 5.90. The third-order valence-corrected chi connectivity index (χ3v) is 4.13. The predicted octanol–water partition coefficient (Wildman–Crippen LogP) is 1.000. The van der Waals surface area contributed by atoms with Crippen LogP contribution in [0.5, 0.6) is 5.75 Å². The number of Topliss-reactive ketones (excluding diaryl/α,β-unsaturated/α-hetero) is 1. The SMILES string of the molecule is CNC1(C(C)=O)CN(c2ccccc2OC)CCN1C(=O)O. The number of methoxy groups -OCH3 is 1. The van der Waals surface area contributed by atoms with Gasteiger partial charge in [-0.25, -0.2) is 4.79 Å². The number of ether oxygens (including phenoxy) is 1. The third-order valence-electron chi connectivity index (χ3n) is 4.13. The zero-order chi connectivity index (χ0) is 16.3. The van der Waals surface area contributed by atoms with Crippen LogP contribution in [0.15, 0.2) is 24.3 Å². The van der Waals surface area contributed by atoms with Crippen molar-refractivity contribution in [3.05, 3.63) is 24.3 Å². The molecule has 0 radical (unpaired) electrons. The van der Waals surface area contributed by atoms with E-state index >= 15 is 0 Å². The third kappa shape index (κ3) is 2.59. The van der Waals surface area contributed by atoms with Crippen LogP contribution < -0.4 is 15.0 Å². The molecular weight excluding hydrogens is 286 g/mol. The molecule has 2 N–H and O–H groups in total. The molecule has 7 nitrogen and oxygen atoms in total. The Morgan fingerprint density at radius 1 is 1.32 bits per heavy atom. The Hall–Kier alpha value is -2.28. The van der Waals surface area contributed by atoms with Crippen LogP contribution in [0.2, 0.25) is 0 Å². The minimum atomic E-state index is -1.26. The standard InChI is InChI=1S/C15H21N3O4/c1-11(19)15(16-2)10-17(8-9-18(15)14(20)21)12-6-4-5-7-13(12)22-3/h4-7,16H,8-10H2,1-3H3,(H,20,21). The minimum Gasteiger partial charge on any atom is -0.495 e. The monoisotopic (exact) mass is 307 g/mol. The summed E-state index contributed by atoms with van der Waals surface area (Å²) in [4.78, 5) is 26.8. The maximum atomic E-state index is 12.2. The number of nitrogens with zero attached hydrogens (tertiary/aromatic N) is 2. The van der Waals surface area contributed by atoms with E-state index in [0.29, 0.717) is 12.3 Å². The maximum Gasteiger partial charge on any atom is 0.409 e. The first kappa shape index (κ1) is 16.1. The van der Waals surface area contributed by atoms with E-state index in [1.54, 1.807) is 14.2 Å². The van der Waals surface area contributed by atoms with Crippen molar-refractivity contribution in [2.75, 3.05) is 38.7 Å². The van der Waals surface area contributed by atoms with E-state index in [4.69, 9.17) is 4.74 Å². The number of ketones is 1. The van der Waals surface area contributed by atoms with Crippen molar-refractivity contribution < 1.29 is 19.4 Å². The molecule has 1 fully saturated rings. The van der Waals surface area contributed by atoms with Crippen LogP contribution in [0.25, 0.3) is 0 Å². The summed E-state index contributed by atoms with van der Waals surface area (Å²) < 4.78 is 5.36. The summed E-state index contributed by atoms with van der Waals surface area (Å²) in [6, 6.07) is 7.49. The molecule has 1 aromatic rings. The van der Waals surface area contributed by atoms with Crippen molar-refractivity contribution in [2.45, 2.75) is 12.6 Å². The summed E-state index contributed by atoms with van der Waals surface area (Å²) in [5, 5.41) is 12.3. The second kappa shape index (κ2) is 6.23. The Kier molecular flexibility index (Phi) is 4.56. The van der Waals surface area contributed by atoms with E-state index in [9.17, 15) is 14.7 Å². The highest BCUT2D eigenvalue weighted by atomic mass is 16.5. The summed E-state index contributed by atoms with van der Waals surface area (Å²) in [7, 11) is 3.19. The first-order valence-corrected chi connectivity index (χ1v) is 7.04. The van der Waals surface area contributed by atoms with Gasteiger partial charge in [-0.05, 0) is 26.1 Å². The number of hydrogen-bond acceptors (Lipinski definition) is 5. The van der Waals surface area contributed by atoms with Crippen molar-refractivity contribution >= 4 is 17.6 Å². The van der Waals surface area contributed by atoms with Crippen LogP contribution in [0, 0.1) is 0 Å². The molecule has 1 amide bonds. The quantitative estimate of drug-likeness (QED) is 0.863. The Balaban J connectivity index is 2.39. The molecule has 0 aliphatic carbocycles. The fourth-order valence-electron chi connectivity index (χ4n) is 2.90. The van der Waals surface area contributed by atoms with Gasteiger partial charge in [0.2, 0.25) is 0 Å². The Morgan fingerprint density at radius 2 is 2.00 bits per heavy atom. The number of carboxylic acid groups (broad SMARTS) is 1. The second-order valence-electron chi connectivity index (χ2n) is 5.19. The van der Waals surface area contributed by atoms with Gasteiger partial charge in [0.1, 0.15) is 5.75 Å². The number of para-hydroxylation sites is 2. The number of benzene rings is 1. The van der Waals surface area contributed by atoms with E-state index in [1.807, 2.05) is 29.2 Å². The lowest BCUT2D eigenvalue weighted by atomic mass is 9.99. The summed E-state index contributed by atoms with van der Waals surface area (Å²) in [5.74, 6) is 0.455. The van der Waals surface area contributed by atoms with Crippen molar-refractivity contribution in [2.24, 2.45) is 0 Å². The molecule has 1 saturated heterocycles. The normalized spacial score (nSPS) is 21.6. The molecule has 22 heavy (non-hydrogen) atoms. The predicted molar refractivity (Wildman–Crippen MR) is 82.4 cm³/mol. The maximum absolute atomic E-state index is 12.2. The lowest BCUT2D eigenvalue weighted by Crippen LogP contribution is -2.73. The van der Waals surface area contributed by atoms with Gasteiger partial charge in [-0.1, -0.05) is 12.1 Å². The molecule has 1 atom stereocenters. The molecular formula is C15H21N3O4. The number of hydrogen-bond donors (Lipinski definition) is 2. The van der Waals surface area contributed by atoms with Gasteiger partial charge in [-0.15, -0.1) is 0 Å². The van der Waals surface area contributed by atoms with Crippen LogP contribution in [-0.4, -0.2) is 61.3 Å². The summed E-state index contributed by atoms with van der Waals surface area (Å²) in [5.41, 5.74) is -0.416. The van der Waals surface area contributed by atoms with Gasteiger partial charge in [-0.2, -0.15) is 0 Å². The molecule has 0 aromatic heterocycles. The van der Waals surface area contributed by atoms with Crippen LogP contribution in [0.3, 0.4) is 0 Å². The molecule has 1 heterocycles. The van der Waals surface area contributed by atoms with E-state index in [2.05, 4.69) is 5.32 Å². The zero-order valence-corrected chi connectivity index (χ0v) is 13.0. The van der Waals surface area contributed by atoms with Crippen molar-refractivity contribution in [3.63, 3.8) is 0 Å². The zero-order valence-electron chi connectivity index (χ0n) is 13.0. The number of likely N-dealkylation sites (N-methyl/N-ethyl adjacent to an activating group) is 1. The van der Waals surface area contributed by atoms with Crippen molar-refractivity contribution in [3.8, 4) is 5.75 Å². The number of piperazine rings is 1. The molecule has 1 unspecified atom stereocenters. The van der Waals surface area contributed by atoms with E-state index in [-0.39, 0.29) is 18.9 Å². The second-order valence-corrected chi connectivity index (χ2v) is 5.19. The molecule has 0 spiro atoms. The molecule has 1 aliphatic heterocycles. The lowest BCUT2D eigenvalue weighted by molar-refractivity contribution is -0.130. The highest BCUT2D eigenvalue weighted by Gasteiger charge is 2.47. The summed E-state index contributed by atoms with van der Waals surface area (Å²) in [6.07, 6.45) is -1.11. The molecule has 0 bridgehead atoms. The molecule has 1 aromatic carbocycles. The van der Waals surface area contributed by atoms with Gasteiger partial charge in [-0.3, -0.25) is 15.0 Å². The topological polar surface area (TPSA) is 82.1 Å². The smallest absolute Gasteiger partial charge is 0.409 e. The number of carbonyl (C=O) groups is 2. The van der Waals surface area contributed by atoms with Gasteiger partial charge in [0.15, 0.2) is 11.4 Å². The number of rotatable bonds is 4. The molecule has 0 saturated carbocycles. The minimum absolute atomic E-state index is 0.228. The average molecular weight is 307 g/mol. The highest BCUT2D eigenvalue weighted by Crippen LogP contribution is 2.32. The Bertz CT molecular complexity index is 578. The van der Waals surface area contributed by atoms with Crippen LogP contribution >= 0.6 is 0 Å². The number of carbonyl (C=O) groups excluding carboxylic acids is 1. The Labute approximate surface area is 129 Å². The molecule has 2 rings (SSSR count). The van der Waals surface area contributed by atoms with Gasteiger partial charge in [0, 0.05) is 13.1 Å². The van der Waals surface area contributed by atoms with E-state index < -0.39 is 11.8 Å². The van der Waals surface area contributed by atoms with Gasteiger partial charge >= 0.3 is 6.09 Å². The van der Waals surface area contributed by atoms with E-state index in [0.717, 1.165) is 5.69 Å². The van der Waals surface area contributed by atoms with Crippen LogP contribution in [0.4, 0.5) is 10.5 Å². The van der Waals surface area contributed by atoms with E-state index in [1.165, 1.54) is 11.8 Å². The fraction of sp³-hybridized carbons (Fsp3) is 0.467. The fourth-order valence-corrected chi connectivity index (χ4v) is 2.90. The first-order valence-electron chi connectivity index (χ1n) is 7.04.